The van der Waals surface area contributed by atoms with E-state index in [2.05, 4.69) is 26.0 Å². The second-order valence-corrected chi connectivity index (χ2v) is 7.80. The third kappa shape index (κ3) is 4.99. The van der Waals surface area contributed by atoms with Crippen molar-refractivity contribution in [2.75, 3.05) is 0 Å². The van der Waals surface area contributed by atoms with Crippen LogP contribution in [0.4, 0.5) is 5.69 Å². The number of carbonyl (C=O) groups is 1. The van der Waals surface area contributed by atoms with E-state index in [1.165, 1.54) is 36.0 Å². The van der Waals surface area contributed by atoms with Crippen molar-refractivity contribution >= 4 is 44.7 Å². The summed E-state index contributed by atoms with van der Waals surface area (Å²) >= 11 is 3.34. The van der Waals surface area contributed by atoms with Gasteiger partial charge in [0.2, 0.25) is 0 Å². The minimum absolute atomic E-state index is 0.178. The zero-order valence-electron chi connectivity index (χ0n) is 17.2. The maximum atomic E-state index is 13.0. The summed E-state index contributed by atoms with van der Waals surface area (Å²) in [5.41, 5.74) is 0.109. The predicted octanol–water partition coefficient (Wildman–Crippen LogP) is 3.75. The Morgan fingerprint density at radius 1 is 1.38 bits per heavy atom. The van der Waals surface area contributed by atoms with E-state index in [9.17, 15) is 19.7 Å². The van der Waals surface area contributed by atoms with E-state index in [1.54, 1.807) is 18.2 Å². The molecule has 0 radical (unpaired) electrons. The Labute approximate surface area is 190 Å². The van der Waals surface area contributed by atoms with Crippen molar-refractivity contribution in [2.24, 2.45) is 5.10 Å². The molecule has 0 aliphatic carbocycles. The molecule has 0 bridgehead atoms. The second-order valence-electron chi connectivity index (χ2n) is 6.88. The Bertz CT molecular complexity index is 1290. The van der Waals surface area contributed by atoms with Gasteiger partial charge in [-0.3, -0.25) is 14.9 Å². The Morgan fingerprint density at radius 3 is 2.78 bits per heavy atom. The van der Waals surface area contributed by atoms with Gasteiger partial charge in [-0.1, -0.05) is 22.9 Å². The lowest BCUT2D eigenvalue weighted by Gasteiger charge is -2.11. The number of nitro groups is 1. The first-order chi connectivity index (χ1) is 15.2. The van der Waals surface area contributed by atoms with Gasteiger partial charge < -0.3 is 9.84 Å². The van der Waals surface area contributed by atoms with Crippen LogP contribution in [-0.4, -0.2) is 38.0 Å². The molecule has 0 saturated heterocycles. The predicted molar refractivity (Wildman–Crippen MR) is 122 cm³/mol. The Kier molecular flexibility index (Phi) is 6.98. The number of halogens is 1. The van der Waals surface area contributed by atoms with Gasteiger partial charge in [-0.2, -0.15) is 9.78 Å². The smallest absolute Gasteiger partial charge is 0.344 e. The summed E-state index contributed by atoms with van der Waals surface area (Å²) in [5, 5.41) is 25.0. The van der Waals surface area contributed by atoms with Crippen molar-refractivity contribution in [2.45, 2.75) is 32.8 Å². The second kappa shape index (κ2) is 9.69. The Hall–Kier alpha value is -3.60. The molecule has 0 fully saturated rings. The van der Waals surface area contributed by atoms with Gasteiger partial charge in [0.15, 0.2) is 11.9 Å². The molecule has 166 valence electrons. The fourth-order valence-corrected chi connectivity index (χ4v) is 3.28. The molecule has 3 aromatic rings. The molecule has 0 spiro atoms. The first kappa shape index (κ1) is 23.1. The summed E-state index contributed by atoms with van der Waals surface area (Å²) in [6.07, 6.45) is 1.30. The van der Waals surface area contributed by atoms with E-state index in [4.69, 9.17) is 9.84 Å². The fourth-order valence-electron chi connectivity index (χ4n) is 2.92. The number of aryl methyl sites for hydroxylation is 1. The summed E-state index contributed by atoms with van der Waals surface area (Å²) in [6.45, 7) is 3.22. The first-order valence-corrected chi connectivity index (χ1v) is 10.4. The van der Waals surface area contributed by atoms with Crippen LogP contribution in [0, 0.1) is 10.1 Å². The molecule has 0 saturated carbocycles. The lowest BCUT2D eigenvalue weighted by Crippen LogP contribution is -2.23. The Balaban J connectivity index is 2.04. The number of rotatable bonds is 8. The largest absolute Gasteiger partial charge is 0.479 e. The van der Waals surface area contributed by atoms with Crippen molar-refractivity contribution in [3.8, 4) is 5.75 Å². The minimum atomic E-state index is -1.26. The molecule has 0 aliphatic rings. The molecule has 0 unspecified atom stereocenters. The summed E-state index contributed by atoms with van der Waals surface area (Å²) in [4.78, 5) is 39.3. The highest BCUT2D eigenvalue weighted by molar-refractivity contribution is 9.10. The van der Waals surface area contributed by atoms with E-state index in [0.717, 1.165) is 10.9 Å². The highest BCUT2D eigenvalue weighted by Gasteiger charge is 2.21. The van der Waals surface area contributed by atoms with Gasteiger partial charge in [0.25, 0.3) is 5.56 Å². The molecule has 1 atom stereocenters. The number of fused-ring (bicyclic) bond motifs is 1. The van der Waals surface area contributed by atoms with Crippen molar-refractivity contribution < 1.29 is 19.6 Å². The number of aromatic nitrogens is 2. The van der Waals surface area contributed by atoms with Gasteiger partial charge >= 0.3 is 11.7 Å². The van der Waals surface area contributed by atoms with Gasteiger partial charge in [-0.25, -0.2) is 9.78 Å². The third-order valence-corrected chi connectivity index (χ3v) is 5.00. The average Bonchev–Trinajstić information content (AvgIpc) is 2.74. The quantitative estimate of drug-likeness (QED) is 0.281. The SMILES string of the molecule is CCCc1nc2ccc(Br)cc2c(=O)n1N=Cc1ccc(O[C@H](C)C(=O)O)c([N+](=O)[O-])c1. The van der Waals surface area contributed by atoms with Gasteiger partial charge in [0, 0.05) is 22.5 Å². The molecule has 32 heavy (non-hydrogen) atoms. The zero-order chi connectivity index (χ0) is 23.4. The maximum Gasteiger partial charge on any atom is 0.344 e. The average molecular weight is 503 g/mol. The van der Waals surface area contributed by atoms with Gasteiger partial charge in [-0.15, -0.1) is 0 Å². The Morgan fingerprint density at radius 2 is 2.12 bits per heavy atom. The number of hydrogen-bond donors (Lipinski definition) is 1. The van der Waals surface area contributed by atoms with Crippen molar-refractivity contribution in [3.63, 3.8) is 0 Å². The third-order valence-electron chi connectivity index (χ3n) is 4.50. The summed E-state index contributed by atoms with van der Waals surface area (Å²) in [6, 6.07) is 9.18. The van der Waals surface area contributed by atoms with Crippen LogP contribution >= 0.6 is 15.9 Å². The standard InChI is InChI=1S/C21H19BrN4O6/c1-3-4-19-24-16-7-6-14(22)10-15(16)20(27)25(19)23-11-13-5-8-18(17(9-13)26(30)31)32-12(2)21(28)29/h5-12H,3-4H2,1-2H3,(H,28,29)/t12-/m1/s1. The zero-order valence-corrected chi connectivity index (χ0v) is 18.8. The van der Waals surface area contributed by atoms with Crippen LogP contribution in [-0.2, 0) is 11.2 Å². The normalized spacial score (nSPS) is 12.2. The van der Waals surface area contributed by atoms with Crippen LogP contribution < -0.4 is 10.3 Å². The number of carboxylic acids is 1. The minimum Gasteiger partial charge on any atom is -0.479 e. The van der Waals surface area contributed by atoms with Gasteiger partial charge in [0.1, 0.15) is 5.82 Å². The van der Waals surface area contributed by atoms with Crippen molar-refractivity contribution in [1.82, 2.24) is 9.66 Å². The molecule has 11 heteroatoms. The summed E-state index contributed by atoms with van der Waals surface area (Å²) in [7, 11) is 0. The molecule has 1 aromatic heterocycles. The number of nitro benzene ring substituents is 1. The molecule has 0 aliphatic heterocycles. The van der Waals surface area contributed by atoms with Gasteiger partial charge in [0.05, 0.1) is 22.0 Å². The molecule has 1 heterocycles. The number of carboxylic acid groups (broad SMARTS) is 1. The lowest BCUT2D eigenvalue weighted by molar-refractivity contribution is -0.386. The molecule has 1 N–H and O–H groups in total. The van der Waals surface area contributed by atoms with E-state index >= 15 is 0 Å². The first-order valence-electron chi connectivity index (χ1n) is 9.64. The molecular weight excluding hydrogens is 484 g/mol. The van der Waals surface area contributed by atoms with Crippen LogP contribution in [0.5, 0.6) is 5.75 Å². The molecule has 0 amide bonds. The number of hydrogen-bond acceptors (Lipinski definition) is 7. The van der Waals surface area contributed by atoms with Crippen LogP contribution in [0.2, 0.25) is 0 Å². The van der Waals surface area contributed by atoms with Crippen molar-refractivity contribution in [1.29, 1.82) is 0 Å². The summed E-state index contributed by atoms with van der Waals surface area (Å²) in [5.74, 6) is -0.959. The highest BCUT2D eigenvalue weighted by Crippen LogP contribution is 2.28. The van der Waals surface area contributed by atoms with Crippen LogP contribution in [0.1, 0.15) is 31.7 Å². The number of nitrogens with zero attached hydrogens (tertiary/aromatic N) is 4. The molecular formula is C21H19BrN4O6. The van der Waals surface area contributed by atoms with E-state index in [0.29, 0.717) is 28.7 Å². The molecule has 2 aromatic carbocycles. The monoisotopic (exact) mass is 502 g/mol. The van der Waals surface area contributed by atoms with Crippen LogP contribution in [0.25, 0.3) is 10.9 Å². The number of aliphatic carboxylic acids is 1. The maximum absolute atomic E-state index is 13.0. The van der Waals surface area contributed by atoms with Crippen LogP contribution in [0.3, 0.4) is 0 Å². The van der Waals surface area contributed by atoms with E-state index in [-0.39, 0.29) is 11.3 Å². The molecule has 10 nitrogen and oxygen atoms in total. The summed E-state index contributed by atoms with van der Waals surface area (Å²) < 4.78 is 7.07. The van der Waals surface area contributed by atoms with Crippen molar-refractivity contribution in [3.05, 3.63) is 72.7 Å². The molecule has 3 rings (SSSR count). The lowest BCUT2D eigenvalue weighted by atomic mass is 10.2. The van der Waals surface area contributed by atoms with E-state index in [1.807, 2.05) is 6.92 Å². The highest BCUT2D eigenvalue weighted by atomic mass is 79.9. The van der Waals surface area contributed by atoms with Crippen LogP contribution in [0.15, 0.2) is 50.8 Å². The van der Waals surface area contributed by atoms with Gasteiger partial charge in [-0.05, 0) is 43.7 Å². The van der Waals surface area contributed by atoms with E-state index < -0.39 is 22.7 Å². The fraction of sp³-hybridized carbons (Fsp3) is 0.238. The number of benzene rings is 2. The topological polar surface area (TPSA) is 137 Å². The number of ether oxygens (including phenoxy) is 1.